The molecule has 0 aliphatic carbocycles. The van der Waals surface area contributed by atoms with Gasteiger partial charge in [-0.15, -0.1) is 11.3 Å². The molecule has 0 spiro atoms. The van der Waals surface area contributed by atoms with E-state index in [4.69, 9.17) is 4.74 Å². The summed E-state index contributed by atoms with van der Waals surface area (Å²) in [5.41, 5.74) is 1.73. The normalized spacial score (nSPS) is 11.8. The molecular formula is C17H22FNOS. The highest BCUT2D eigenvalue weighted by Crippen LogP contribution is 2.15. The summed E-state index contributed by atoms with van der Waals surface area (Å²) in [5, 5.41) is 5.41. The molecule has 1 heterocycles. The van der Waals surface area contributed by atoms with Gasteiger partial charge in [0.2, 0.25) is 0 Å². The molecule has 0 bridgehead atoms. The van der Waals surface area contributed by atoms with E-state index < -0.39 is 0 Å². The Hall–Kier alpha value is -1.23. The second-order valence-electron chi connectivity index (χ2n) is 6.10. The van der Waals surface area contributed by atoms with E-state index in [9.17, 15) is 4.39 Å². The number of hydrogen-bond acceptors (Lipinski definition) is 3. The Morgan fingerprint density at radius 2 is 2.00 bits per heavy atom. The van der Waals surface area contributed by atoms with E-state index in [1.807, 2.05) is 29.6 Å². The first kappa shape index (κ1) is 16.1. The maximum absolute atomic E-state index is 13.8. The van der Waals surface area contributed by atoms with E-state index in [-0.39, 0.29) is 11.4 Å². The molecule has 1 N–H and O–H groups in total. The van der Waals surface area contributed by atoms with Crippen molar-refractivity contribution in [1.82, 2.24) is 5.32 Å². The average Bonchev–Trinajstić information content (AvgIpc) is 2.91. The van der Waals surface area contributed by atoms with Crippen molar-refractivity contribution < 1.29 is 9.13 Å². The fraction of sp³-hybridized carbons (Fsp3) is 0.412. The van der Waals surface area contributed by atoms with Crippen molar-refractivity contribution in [3.8, 4) is 0 Å². The van der Waals surface area contributed by atoms with Gasteiger partial charge in [-0.3, -0.25) is 0 Å². The topological polar surface area (TPSA) is 21.3 Å². The standard InChI is InChI=1S/C17H22FNOS/c1-17(2,3)19-10-13-6-7-16(18)14(9-13)11-20-12-15-5-4-8-21-15/h4-9,19H,10-12H2,1-3H3. The maximum atomic E-state index is 13.8. The van der Waals surface area contributed by atoms with Crippen LogP contribution in [0.3, 0.4) is 0 Å². The fourth-order valence-electron chi connectivity index (χ4n) is 1.87. The Bertz CT molecular complexity index is 561. The van der Waals surface area contributed by atoms with Crippen LogP contribution in [0.2, 0.25) is 0 Å². The third-order valence-corrected chi connectivity index (χ3v) is 3.86. The third kappa shape index (κ3) is 5.58. The zero-order chi connectivity index (χ0) is 15.3. The van der Waals surface area contributed by atoms with E-state index >= 15 is 0 Å². The number of nitrogens with one attached hydrogen (secondary N) is 1. The zero-order valence-electron chi connectivity index (χ0n) is 12.8. The van der Waals surface area contributed by atoms with E-state index in [0.29, 0.717) is 18.8 Å². The van der Waals surface area contributed by atoms with Crippen LogP contribution in [0.15, 0.2) is 35.7 Å². The van der Waals surface area contributed by atoms with Crippen molar-refractivity contribution in [3.63, 3.8) is 0 Å². The molecule has 4 heteroatoms. The van der Waals surface area contributed by atoms with Gasteiger partial charge in [-0.2, -0.15) is 0 Å². The molecule has 2 rings (SSSR count). The minimum Gasteiger partial charge on any atom is -0.371 e. The van der Waals surface area contributed by atoms with Crippen LogP contribution in [-0.4, -0.2) is 5.54 Å². The first-order valence-corrected chi connectivity index (χ1v) is 7.94. The second-order valence-corrected chi connectivity index (χ2v) is 7.13. The molecule has 114 valence electrons. The monoisotopic (exact) mass is 307 g/mol. The molecule has 1 aromatic carbocycles. The number of rotatable bonds is 6. The number of thiophene rings is 1. The molecule has 0 amide bonds. The number of hydrogen-bond donors (Lipinski definition) is 1. The predicted octanol–water partition coefficient (Wildman–Crippen LogP) is 4.49. The molecular weight excluding hydrogens is 285 g/mol. The van der Waals surface area contributed by atoms with Crippen LogP contribution in [0.4, 0.5) is 4.39 Å². The molecule has 21 heavy (non-hydrogen) atoms. The minimum atomic E-state index is -0.208. The molecule has 1 aromatic heterocycles. The summed E-state index contributed by atoms with van der Waals surface area (Å²) in [7, 11) is 0. The van der Waals surface area contributed by atoms with Gasteiger partial charge >= 0.3 is 0 Å². The predicted molar refractivity (Wildman–Crippen MR) is 85.8 cm³/mol. The number of halogens is 1. The molecule has 0 aliphatic rings. The van der Waals surface area contributed by atoms with Crippen LogP contribution in [0, 0.1) is 5.82 Å². The van der Waals surface area contributed by atoms with Crippen molar-refractivity contribution in [2.75, 3.05) is 0 Å². The molecule has 0 fully saturated rings. The van der Waals surface area contributed by atoms with Gasteiger partial charge in [0.25, 0.3) is 0 Å². The second kappa shape index (κ2) is 7.16. The van der Waals surface area contributed by atoms with Crippen molar-refractivity contribution >= 4 is 11.3 Å². The smallest absolute Gasteiger partial charge is 0.128 e. The highest BCUT2D eigenvalue weighted by molar-refractivity contribution is 7.09. The Morgan fingerprint density at radius 1 is 1.19 bits per heavy atom. The van der Waals surface area contributed by atoms with Crippen molar-refractivity contribution in [3.05, 3.63) is 57.5 Å². The molecule has 0 saturated heterocycles. The van der Waals surface area contributed by atoms with Gasteiger partial charge in [-0.25, -0.2) is 4.39 Å². The molecule has 0 radical (unpaired) electrons. The summed E-state index contributed by atoms with van der Waals surface area (Å²) in [5.74, 6) is -0.208. The lowest BCUT2D eigenvalue weighted by Crippen LogP contribution is -2.35. The van der Waals surface area contributed by atoms with Gasteiger partial charge in [0, 0.05) is 22.5 Å². The van der Waals surface area contributed by atoms with Crippen LogP contribution >= 0.6 is 11.3 Å². The zero-order valence-corrected chi connectivity index (χ0v) is 13.6. The molecule has 0 aliphatic heterocycles. The summed E-state index contributed by atoms with van der Waals surface area (Å²) in [6.45, 7) is 7.89. The summed E-state index contributed by atoms with van der Waals surface area (Å²) >= 11 is 1.65. The minimum absolute atomic E-state index is 0.0459. The largest absolute Gasteiger partial charge is 0.371 e. The first-order chi connectivity index (χ1) is 9.94. The van der Waals surface area contributed by atoms with Gasteiger partial charge in [0.1, 0.15) is 5.82 Å². The number of benzene rings is 1. The SMILES string of the molecule is CC(C)(C)NCc1ccc(F)c(COCc2cccs2)c1. The summed E-state index contributed by atoms with van der Waals surface area (Å²) in [4.78, 5) is 1.15. The highest BCUT2D eigenvalue weighted by atomic mass is 32.1. The van der Waals surface area contributed by atoms with Crippen LogP contribution < -0.4 is 5.32 Å². The lowest BCUT2D eigenvalue weighted by atomic mass is 10.1. The van der Waals surface area contributed by atoms with E-state index in [1.165, 1.54) is 6.07 Å². The average molecular weight is 307 g/mol. The Balaban J connectivity index is 1.92. The quantitative estimate of drug-likeness (QED) is 0.849. The van der Waals surface area contributed by atoms with E-state index in [0.717, 1.165) is 17.0 Å². The third-order valence-electron chi connectivity index (χ3n) is 3.01. The molecule has 0 unspecified atom stereocenters. The fourth-order valence-corrected chi connectivity index (χ4v) is 2.51. The van der Waals surface area contributed by atoms with Crippen LogP contribution in [-0.2, 0) is 24.5 Å². The summed E-state index contributed by atoms with van der Waals surface area (Å²) < 4.78 is 19.4. The molecule has 2 aromatic rings. The van der Waals surface area contributed by atoms with Crippen LogP contribution in [0.25, 0.3) is 0 Å². The van der Waals surface area contributed by atoms with Crippen molar-refractivity contribution in [1.29, 1.82) is 0 Å². The Kier molecular flexibility index (Phi) is 5.51. The van der Waals surface area contributed by atoms with Gasteiger partial charge in [0.05, 0.1) is 13.2 Å². The van der Waals surface area contributed by atoms with Crippen molar-refractivity contribution in [2.45, 2.75) is 46.1 Å². The maximum Gasteiger partial charge on any atom is 0.128 e. The lowest BCUT2D eigenvalue weighted by Gasteiger charge is -2.20. The van der Waals surface area contributed by atoms with Gasteiger partial charge in [-0.05, 0) is 49.9 Å². The van der Waals surface area contributed by atoms with Gasteiger partial charge < -0.3 is 10.1 Å². The molecule has 0 atom stereocenters. The highest BCUT2D eigenvalue weighted by Gasteiger charge is 2.10. The summed E-state index contributed by atoms with van der Waals surface area (Å²) in [6, 6.07) is 9.22. The van der Waals surface area contributed by atoms with Gasteiger partial charge in [0.15, 0.2) is 0 Å². The van der Waals surface area contributed by atoms with E-state index in [1.54, 1.807) is 11.3 Å². The molecule has 2 nitrogen and oxygen atoms in total. The Morgan fingerprint density at radius 3 is 2.67 bits per heavy atom. The van der Waals surface area contributed by atoms with Crippen molar-refractivity contribution in [2.24, 2.45) is 0 Å². The lowest BCUT2D eigenvalue weighted by molar-refractivity contribution is 0.107. The van der Waals surface area contributed by atoms with E-state index in [2.05, 4.69) is 26.1 Å². The molecule has 0 saturated carbocycles. The Labute approximate surface area is 130 Å². The number of ether oxygens (including phenoxy) is 1. The van der Waals surface area contributed by atoms with Crippen LogP contribution in [0.1, 0.15) is 36.8 Å². The van der Waals surface area contributed by atoms with Gasteiger partial charge in [-0.1, -0.05) is 12.1 Å². The summed E-state index contributed by atoms with van der Waals surface area (Å²) in [6.07, 6.45) is 0. The first-order valence-electron chi connectivity index (χ1n) is 7.06. The van der Waals surface area contributed by atoms with Crippen LogP contribution in [0.5, 0.6) is 0 Å².